The predicted molar refractivity (Wildman–Crippen MR) is 87.0 cm³/mol. The van der Waals surface area contributed by atoms with E-state index in [1.807, 2.05) is 18.2 Å². The first-order valence-electron chi connectivity index (χ1n) is 7.98. The van der Waals surface area contributed by atoms with E-state index in [1.54, 1.807) is 10.5 Å². The van der Waals surface area contributed by atoms with Crippen molar-refractivity contribution in [1.29, 1.82) is 0 Å². The third kappa shape index (κ3) is 4.41. The van der Waals surface area contributed by atoms with Gasteiger partial charge < -0.3 is 14.4 Å². The molecule has 0 amide bonds. The molecule has 3 rings (SSSR count). The molecule has 0 radical (unpaired) electrons. The average Bonchev–Trinajstić information content (AvgIpc) is 3.09. The first-order valence-corrected chi connectivity index (χ1v) is 9.59. The van der Waals surface area contributed by atoms with E-state index in [4.69, 9.17) is 9.47 Å². The van der Waals surface area contributed by atoms with Gasteiger partial charge in [-0.2, -0.15) is 4.31 Å². The first kappa shape index (κ1) is 16.6. The fourth-order valence-electron chi connectivity index (χ4n) is 2.83. The zero-order valence-electron chi connectivity index (χ0n) is 13.1. The average molecular weight is 341 g/mol. The van der Waals surface area contributed by atoms with Crippen LogP contribution in [0.1, 0.15) is 6.42 Å². The van der Waals surface area contributed by atoms with E-state index in [0.717, 1.165) is 12.2 Å². The second-order valence-electron chi connectivity index (χ2n) is 5.75. The van der Waals surface area contributed by atoms with Crippen molar-refractivity contribution in [1.82, 2.24) is 9.29 Å². The maximum absolute atomic E-state index is 12.4. The molecule has 1 atom stereocenters. The molecule has 0 spiro atoms. The lowest BCUT2D eigenvalue weighted by atomic mass is 10.3. The fourth-order valence-corrected chi connectivity index (χ4v) is 4.11. The van der Waals surface area contributed by atoms with Gasteiger partial charge in [0.2, 0.25) is 10.0 Å². The number of hydrogen-bond donors (Lipinski definition) is 0. The number of nitrogens with zero attached hydrogens (tertiary/aromatic N) is 3. The third-order valence-corrected chi connectivity index (χ3v) is 6.02. The van der Waals surface area contributed by atoms with Crippen molar-refractivity contribution >= 4 is 15.8 Å². The highest BCUT2D eigenvalue weighted by atomic mass is 32.2. The summed E-state index contributed by atoms with van der Waals surface area (Å²) in [5.74, 6) is 0.932. The van der Waals surface area contributed by atoms with Crippen LogP contribution in [0.25, 0.3) is 0 Å². The molecule has 0 saturated carbocycles. The Labute approximate surface area is 137 Å². The van der Waals surface area contributed by atoms with Gasteiger partial charge in [0.1, 0.15) is 5.82 Å². The van der Waals surface area contributed by atoms with E-state index < -0.39 is 10.0 Å². The van der Waals surface area contributed by atoms with Crippen molar-refractivity contribution in [2.45, 2.75) is 12.5 Å². The van der Waals surface area contributed by atoms with Crippen LogP contribution in [0.4, 0.5) is 5.82 Å². The molecule has 2 aliphatic rings. The molecule has 23 heavy (non-hydrogen) atoms. The zero-order valence-corrected chi connectivity index (χ0v) is 14.0. The molecule has 7 nitrogen and oxygen atoms in total. The molecular weight excluding hydrogens is 318 g/mol. The number of piperazine rings is 1. The van der Waals surface area contributed by atoms with E-state index in [0.29, 0.717) is 39.4 Å². The lowest BCUT2D eigenvalue weighted by Crippen LogP contribution is -2.49. The highest BCUT2D eigenvalue weighted by molar-refractivity contribution is 7.89. The van der Waals surface area contributed by atoms with Crippen LogP contribution in [0, 0.1) is 0 Å². The summed E-state index contributed by atoms with van der Waals surface area (Å²) in [6, 6.07) is 5.76. The Bertz CT molecular complexity index is 582. The molecule has 0 bridgehead atoms. The fraction of sp³-hybridized carbons (Fsp3) is 0.667. The molecule has 3 heterocycles. The minimum Gasteiger partial charge on any atom is -0.379 e. The van der Waals surface area contributed by atoms with Crippen LogP contribution in [-0.2, 0) is 19.5 Å². The van der Waals surface area contributed by atoms with E-state index in [-0.39, 0.29) is 18.5 Å². The summed E-state index contributed by atoms with van der Waals surface area (Å²) in [7, 11) is -3.26. The van der Waals surface area contributed by atoms with E-state index >= 15 is 0 Å². The minimum absolute atomic E-state index is 0.0348. The van der Waals surface area contributed by atoms with Crippen molar-refractivity contribution in [2.24, 2.45) is 0 Å². The van der Waals surface area contributed by atoms with Gasteiger partial charge in [-0.1, -0.05) is 6.07 Å². The molecule has 0 N–H and O–H groups in total. The van der Waals surface area contributed by atoms with Crippen molar-refractivity contribution < 1.29 is 17.9 Å². The monoisotopic (exact) mass is 341 g/mol. The highest BCUT2D eigenvalue weighted by Crippen LogP contribution is 2.15. The minimum atomic E-state index is -3.26. The second kappa shape index (κ2) is 7.57. The molecule has 128 valence electrons. The predicted octanol–water partition coefficient (Wildman–Crippen LogP) is 0.339. The maximum Gasteiger partial charge on any atom is 0.216 e. The Morgan fingerprint density at radius 1 is 1.26 bits per heavy atom. The number of sulfonamides is 1. The van der Waals surface area contributed by atoms with E-state index in [9.17, 15) is 8.42 Å². The SMILES string of the molecule is O=S(=O)(CCOC1CCOC1)N1CCN(c2ccccn2)CC1. The van der Waals surface area contributed by atoms with Gasteiger partial charge in [-0.3, -0.25) is 0 Å². The third-order valence-electron chi connectivity index (χ3n) is 4.19. The van der Waals surface area contributed by atoms with Crippen LogP contribution in [0.15, 0.2) is 24.4 Å². The first-order chi connectivity index (χ1) is 11.1. The Hall–Kier alpha value is -1.22. The standard InChI is InChI=1S/C15H23N3O4S/c19-23(20,12-11-22-14-4-10-21-13-14)18-8-6-17(7-9-18)15-3-1-2-5-16-15/h1-3,5,14H,4,6-13H2. The van der Waals surface area contributed by atoms with Crippen LogP contribution in [-0.4, -0.2) is 75.6 Å². The number of hydrogen-bond acceptors (Lipinski definition) is 6. The Kier molecular flexibility index (Phi) is 5.47. The Morgan fingerprint density at radius 2 is 2.09 bits per heavy atom. The van der Waals surface area contributed by atoms with Gasteiger partial charge in [0.25, 0.3) is 0 Å². The summed E-state index contributed by atoms with van der Waals surface area (Å²) in [6.07, 6.45) is 2.65. The molecule has 1 aromatic rings. The van der Waals surface area contributed by atoms with Gasteiger partial charge in [-0.25, -0.2) is 13.4 Å². The number of rotatable bonds is 6. The largest absolute Gasteiger partial charge is 0.379 e. The van der Waals surface area contributed by atoms with Crippen LogP contribution < -0.4 is 4.90 Å². The van der Waals surface area contributed by atoms with Crippen molar-refractivity contribution in [3.8, 4) is 0 Å². The molecule has 1 aromatic heterocycles. The molecule has 8 heteroatoms. The summed E-state index contributed by atoms with van der Waals surface area (Å²) in [5.41, 5.74) is 0. The van der Waals surface area contributed by atoms with Gasteiger partial charge in [-0.15, -0.1) is 0 Å². The van der Waals surface area contributed by atoms with E-state index in [2.05, 4.69) is 9.88 Å². The summed E-state index contributed by atoms with van der Waals surface area (Å²) in [5, 5.41) is 0. The van der Waals surface area contributed by atoms with Gasteiger partial charge in [0.15, 0.2) is 0 Å². The normalized spacial score (nSPS) is 23.3. The lowest BCUT2D eigenvalue weighted by Gasteiger charge is -2.34. The molecule has 0 aromatic carbocycles. The number of aromatic nitrogens is 1. The van der Waals surface area contributed by atoms with Crippen molar-refractivity contribution in [3.63, 3.8) is 0 Å². The van der Waals surface area contributed by atoms with Crippen molar-refractivity contribution in [3.05, 3.63) is 24.4 Å². The number of pyridine rings is 1. The van der Waals surface area contributed by atoms with Gasteiger partial charge in [-0.05, 0) is 18.6 Å². The van der Waals surface area contributed by atoms with Gasteiger partial charge >= 0.3 is 0 Å². The lowest BCUT2D eigenvalue weighted by molar-refractivity contribution is 0.0516. The quantitative estimate of drug-likeness (QED) is 0.743. The van der Waals surface area contributed by atoms with Crippen LogP contribution in [0.3, 0.4) is 0 Å². The Morgan fingerprint density at radius 3 is 2.74 bits per heavy atom. The van der Waals surface area contributed by atoms with Crippen LogP contribution in [0.5, 0.6) is 0 Å². The van der Waals surface area contributed by atoms with Gasteiger partial charge in [0, 0.05) is 39.0 Å². The molecule has 2 aliphatic heterocycles. The Balaban J connectivity index is 1.46. The topological polar surface area (TPSA) is 72.0 Å². The maximum atomic E-state index is 12.4. The second-order valence-corrected chi connectivity index (χ2v) is 7.83. The van der Waals surface area contributed by atoms with Crippen molar-refractivity contribution in [2.75, 3.05) is 56.7 Å². The van der Waals surface area contributed by atoms with Crippen LogP contribution >= 0.6 is 0 Å². The molecule has 2 fully saturated rings. The summed E-state index contributed by atoms with van der Waals surface area (Å²) < 4.78 is 37.1. The zero-order chi connectivity index (χ0) is 16.1. The van der Waals surface area contributed by atoms with Gasteiger partial charge in [0.05, 0.1) is 25.1 Å². The summed E-state index contributed by atoms with van der Waals surface area (Å²) in [6.45, 7) is 3.81. The molecule has 2 saturated heterocycles. The molecular formula is C15H23N3O4S. The molecule has 0 aliphatic carbocycles. The summed E-state index contributed by atoms with van der Waals surface area (Å²) in [4.78, 5) is 6.42. The van der Waals surface area contributed by atoms with Crippen LogP contribution in [0.2, 0.25) is 0 Å². The highest BCUT2D eigenvalue weighted by Gasteiger charge is 2.27. The number of anilines is 1. The van der Waals surface area contributed by atoms with E-state index in [1.165, 1.54) is 0 Å². The summed E-state index contributed by atoms with van der Waals surface area (Å²) >= 11 is 0. The smallest absolute Gasteiger partial charge is 0.216 e. The molecule has 1 unspecified atom stereocenters. The number of ether oxygens (including phenoxy) is 2.